The molecule has 1 fully saturated rings. The van der Waals surface area contributed by atoms with Crippen molar-refractivity contribution in [1.82, 2.24) is 5.32 Å². The fourth-order valence-electron chi connectivity index (χ4n) is 2.70. The van der Waals surface area contributed by atoms with E-state index in [2.05, 4.69) is 33.0 Å². The predicted molar refractivity (Wildman–Crippen MR) is 80.3 cm³/mol. The predicted octanol–water partition coefficient (Wildman–Crippen LogP) is 2.97. The number of hydrogen-bond acceptors (Lipinski definition) is 3. The van der Waals surface area contributed by atoms with Crippen molar-refractivity contribution in [3.05, 3.63) is 0 Å². The van der Waals surface area contributed by atoms with Gasteiger partial charge in [-0.3, -0.25) is 0 Å². The summed E-state index contributed by atoms with van der Waals surface area (Å²) in [5.41, 5.74) is 0. The van der Waals surface area contributed by atoms with Crippen LogP contribution in [0.3, 0.4) is 0 Å². The van der Waals surface area contributed by atoms with Crippen molar-refractivity contribution in [1.29, 1.82) is 0 Å². The summed E-state index contributed by atoms with van der Waals surface area (Å²) >= 11 is 0. The zero-order valence-electron chi connectivity index (χ0n) is 13.2. The van der Waals surface area contributed by atoms with Crippen LogP contribution in [-0.4, -0.2) is 36.5 Å². The van der Waals surface area contributed by atoms with Gasteiger partial charge in [0.2, 0.25) is 0 Å². The molecule has 0 aliphatic heterocycles. The molecule has 0 aromatic rings. The Morgan fingerprint density at radius 2 is 1.95 bits per heavy atom. The third kappa shape index (κ3) is 6.24. The Morgan fingerprint density at radius 3 is 2.58 bits per heavy atom. The van der Waals surface area contributed by atoms with E-state index in [-0.39, 0.29) is 6.10 Å². The zero-order chi connectivity index (χ0) is 14.3. The summed E-state index contributed by atoms with van der Waals surface area (Å²) in [7, 11) is 0. The van der Waals surface area contributed by atoms with Crippen LogP contribution in [0.2, 0.25) is 0 Å². The van der Waals surface area contributed by atoms with Gasteiger partial charge in [0, 0.05) is 12.6 Å². The lowest BCUT2D eigenvalue weighted by Crippen LogP contribution is -2.40. The van der Waals surface area contributed by atoms with Crippen LogP contribution in [0.25, 0.3) is 0 Å². The first kappa shape index (κ1) is 16.9. The molecule has 0 radical (unpaired) electrons. The lowest BCUT2D eigenvalue weighted by molar-refractivity contribution is -0.0458. The molecule has 0 spiro atoms. The topological polar surface area (TPSA) is 41.5 Å². The summed E-state index contributed by atoms with van der Waals surface area (Å²) in [6.45, 7) is 9.99. The zero-order valence-corrected chi connectivity index (χ0v) is 13.2. The van der Waals surface area contributed by atoms with Crippen LogP contribution in [0.5, 0.6) is 0 Å². The van der Waals surface area contributed by atoms with Crippen molar-refractivity contribution < 1.29 is 9.84 Å². The molecule has 1 saturated carbocycles. The van der Waals surface area contributed by atoms with E-state index in [0.29, 0.717) is 37.1 Å². The summed E-state index contributed by atoms with van der Waals surface area (Å²) in [4.78, 5) is 0. The fourth-order valence-corrected chi connectivity index (χ4v) is 2.70. The highest BCUT2D eigenvalue weighted by Crippen LogP contribution is 2.26. The SMILES string of the molecule is CCC(C)C(C)NCC(O)COC1CCCCC1C. The Labute approximate surface area is 119 Å². The van der Waals surface area contributed by atoms with Crippen LogP contribution in [0.1, 0.15) is 59.8 Å². The van der Waals surface area contributed by atoms with Gasteiger partial charge in [-0.25, -0.2) is 0 Å². The van der Waals surface area contributed by atoms with Gasteiger partial charge in [-0.2, -0.15) is 0 Å². The second-order valence-corrected chi connectivity index (χ2v) is 6.37. The Morgan fingerprint density at radius 1 is 1.26 bits per heavy atom. The van der Waals surface area contributed by atoms with Crippen molar-refractivity contribution in [3.63, 3.8) is 0 Å². The summed E-state index contributed by atoms with van der Waals surface area (Å²) in [6.07, 6.45) is 6.16. The van der Waals surface area contributed by atoms with Crippen LogP contribution in [0.15, 0.2) is 0 Å². The molecule has 0 amide bonds. The lowest BCUT2D eigenvalue weighted by Gasteiger charge is -2.30. The third-order valence-electron chi connectivity index (χ3n) is 4.71. The van der Waals surface area contributed by atoms with Crippen LogP contribution in [0, 0.1) is 11.8 Å². The maximum absolute atomic E-state index is 9.98. The van der Waals surface area contributed by atoms with Gasteiger partial charge >= 0.3 is 0 Å². The molecule has 2 N–H and O–H groups in total. The minimum absolute atomic E-state index is 0.357. The molecule has 0 bridgehead atoms. The molecule has 1 rings (SSSR count). The molecule has 19 heavy (non-hydrogen) atoms. The first-order chi connectivity index (χ1) is 9.04. The van der Waals surface area contributed by atoms with Crippen molar-refractivity contribution >= 4 is 0 Å². The largest absolute Gasteiger partial charge is 0.389 e. The highest BCUT2D eigenvalue weighted by molar-refractivity contribution is 4.74. The van der Waals surface area contributed by atoms with Crippen LogP contribution < -0.4 is 5.32 Å². The molecule has 1 aliphatic rings. The van der Waals surface area contributed by atoms with Gasteiger partial charge < -0.3 is 15.2 Å². The number of aliphatic hydroxyl groups excluding tert-OH is 1. The van der Waals surface area contributed by atoms with E-state index in [1.807, 2.05) is 0 Å². The highest BCUT2D eigenvalue weighted by atomic mass is 16.5. The molecule has 1 aliphatic carbocycles. The minimum atomic E-state index is -0.388. The average Bonchev–Trinajstić information content (AvgIpc) is 2.42. The number of nitrogens with one attached hydrogen (secondary N) is 1. The number of aliphatic hydroxyl groups is 1. The second-order valence-electron chi connectivity index (χ2n) is 6.37. The van der Waals surface area contributed by atoms with Gasteiger partial charge in [-0.1, -0.05) is 40.0 Å². The normalized spacial score (nSPS) is 28.9. The molecule has 0 heterocycles. The fraction of sp³-hybridized carbons (Fsp3) is 1.00. The smallest absolute Gasteiger partial charge is 0.0897 e. The summed E-state index contributed by atoms with van der Waals surface area (Å²) < 4.78 is 5.89. The van der Waals surface area contributed by atoms with Gasteiger partial charge in [-0.05, 0) is 31.6 Å². The molecular weight excluding hydrogens is 238 g/mol. The third-order valence-corrected chi connectivity index (χ3v) is 4.71. The quantitative estimate of drug-likeness (QED) is 0.713. The molecule has 114 valence electrons. The first-order valence-corrected chi connectivity index (χ1v) is 8.07. The summed E-state index contributed by atoms with van der Waals surface area (Å²) in [5, 5.41) is 13.4. The molecular formula is C16H33NO2. The molecule has 3 heteroatoms. The first-order valence-electron chi connectivity index (χ1n) is 8.07. The van der Waals surface area contributed by atoms with Crippen LogP contribution in [0.4, 0.5) is 0 Å². The standard InChI is InChI=1S/C16H33NO2/c1-5-12(2)14(4)17-10-15(18)11-19-16-9-7-6-8-13(16)3/h12-18H,5-11H2,1-4H3. The Bertz CT molecular complexity index is 235. The van der Waals surface area contributed by atoms with E-state index in [1.54, 1.807) is 0 Å². The Hall–Kier alpha value is -0.120. The molecule has 3 nitrogen and oxygen atoms in total. The van der Waals surface area contributed by atoms with Gasteiger partial charge in [0.25, 0.3) is 0 Å². The maximum Gasteiger partial charge on any atom is 0.0897 e. The highest BCUT2D eigenvalue weighted by Gasteiger charge is 2.22. The van der Waals surface area contributed by atoms with E-state index < -0.39 is 0 Å². The second kappa shape index (κ2) is 8.93. The molecule has 0 saturated heterocycles. The van der Waals surface area contributed by atoms with Crippen molar-refractivity contribution in [2.45, 2.75) is 78.0 Å². The van der Waals surface area contributed by atoms with Crippen LogP contribution >= 0.6 is 0 Å². The van der Waals surface area contributed by atoms with Crippen LogP contribution in [-0.2, 0) is 4.74 Å². The number of hydrogen-bond donors (Lipinski definition) is 2. The minimum Gasteiger partial charge on any atom is -0.389 e. The number of rotatable bonds is 8. The van der Waals surface area contributed by atoms with E-state index in [0.717, 1.165) is 6.42 Å². The Balaban J connectivity index is 2.15. The van der Waals surface area contributed by atoms with Gasteiger partial charge in [-0.15, -0.1) is 0 Å². The summed E-state index contributed by atoms with van der Waals surface area (Å²) in [6, 6.07) is 0.452. The van der Waals surface area contributed by atoms with Gasteiger partial charge in [0.15, 0.2) is 0 Å². The molecule has 5 unspecified atom stereocenters. The van der Waals surface area contributed by atoms with E-state index in [9.17, 15) is 5.11 Å². The molecule has 0 aromatic carbocycles. The Kier molecular flexibility index (Phi) is 7.96. The van der Waals surface area contributed by atoms with Crippen molar-refractivity contribution in [3.8, 4) is 0 Å². The monoisotopic (exact) mass is 271 g/mol. The van der Waals surface area contributed by atoms with E-state index >= 15 is 0 Å². The van der Waals surface area contributed by atoms with Gasteiger partial charge in [0.05, 0.1) is 18.8 Å². The van der Waals surface area contributed by atoms with Gasteiger partial charge in [0.1, 0.15) is 0 Å². The average molecular weight is 271 g/mol. The van der Waals surface area contributed by atoms with E-state index in [1.165, 1.54) is 25.7 Å². The maximum atomic E-state index is 9.98. The van der Waals surface area contributed by atoms with E-state index in [4.69, 9.17) is 4.74 Å². The summed E-state index contributed by atoms with van der Waals surface area (Å²) in [5.74, 6) is 1.29. The molecule has 0 aromatic heterocycles. The lowest BCUT2D eigenvalue weighted by atomic mass is 9.88. The van der Waals surface area contributed by atoms with Crippen molar-refractivity contribution in [2.75, 3.05) is 13.2 Å². The van der Waals surface area contributed by atoms with Crippen molar-refractivity contribution in [2.24, 2.45) is 11.8 Å². The number of ether oxygens (including phenoxy) is 1. The molecule has 5 atom stereocenters.